The minimum Gasteiger partial charge on any atom is -0.380 e. The van der Waals surface area contributed by atoms with Gasteiger partial charge in [0.2, 0.25) is 0 Å². The van der Waals surface area contributed by atoms with Crippen molar-refractivity contribution in [2.24, 2.45) is 0 Å². The minimum absolute atomic E-state index is 0.327. The first-order valence-electron chi connectivity index (χ1n) is 6.12. The molecule has 0 radical (unpaired) electrons. The van der Waals surface area contributed by atoms with Gasteiger partial charge in [0.25, 0.3) is 0 Å². The number of aliphatic hydroxyl groups is 1. The topological polar surface area (TPSA) is 20.2 Å². The molecular weight excluding hydrogens is 227 g/mol. The van der Waals surface area contributed by atoms with E-state index in [-0.39, 0.29) is 5.82 Å². The van der Waals surface area contributed by atoms with E-state index in [9.17, 15) is 9.50 Å². The maximum absolute atomic E-state index is 13.3. The monoisotopic (exact) mass is 244 g/mol. The van der Waals surface area contributed by atoms with Gasteiger partial charge in [0.1, 0.15) is 11.4 Å². The Morgan fingerprint density at radius 3 is 2.28 bits per heavy atom. The van der Waals surface area contributed by atoms with E-state index in [1.54, 1.807) is 12.1 Å². The lowest BCUT2D eigenvalue weighted by Crippen LogP contribution is -2.26. The second-order valence-electron chi connectivity index (χ2n) is 4.59. The summed E-state index contributed by atoms with van der Waals surface area (Å²) in [4.78, 5) is 0. The number of hydrogen-bond acceptors (Lipinski definition) is 1. The Balaban J connectivity index is 2.51. The van der Waals surface area contributed by atoms with E-state index in [4.69, 9.17) is 0 Å². The summed E-state index contributed by atoms with van der Waals surface area (Å²) in [7, 11) is 0. The van der Waals surface area contributed by atoms with Gasteiger partial charge in [-0.05, 0) is 36.6 Å². The summed E-state index contributed by atoms with van der Waals surface area (Å²) < 4.78 is 13.3. The highest BCUT2D eigenvalue weighted by molar-refractivity contribution is 5.37. The summed E-state index contributed by atoms with van der Waals surface area (Å²) in [5.41, 5.74) is 1.39. The molecule has 0 aliphatic rings. The third-order valence-electron chi connectivity index (χ3n) is 3.34. The Bertz CT molecular complexity index is 533. The van der Waals surface area contributed by atoms with Gasteiger partial charge in [0.15, 0.2) is 0 Å². The first-order chi connectivity index (χ1) is 8.56. The second kappa shape index (κ2) is 4.91. The Kier molecular flexibility index (Phi) is 3.48. The van der Waals surface area contributed by atoms with E-state index in [0.717, 1.165) is 11.1 Å². The molecule has 0 fully saturated rings. The van der Waals surface area contributed by atoms with E-state index >= 15 is 0 Å². The molecule has 0 saturated heterocycles. The van der Waals surface area contributed by atoms with Crippen LogP contribution in [0.2, 0.25) is 0 Å². The molecule has 18 heavy (non-hydrogen) atoms. The maximum atomic E-state index is 13.3. The molecule has 0 aliphatic carbocycles. The zero-order chi connectivity index (χ0) is 13.2. The van der Waals surface area contributed by atoms with E-state index < -0.39 is 5.60 Å². The number of rotatable bonds is 3. The van der Waals surface area contributed by atoms with Crippen molar-refractivity contribution >= 4 is 0 Å². The first-order valence-corrected chi connectivity index (χ1v) is 6.12. The number of aryl methyl sites for hydroxylation is 1. The predicted octanol–water partition coefficient (Wildman–Crippen LogP) is 3.78. The van der Waals surface area contributed by atoms with Crippen molar-refractivity contribution in [3.63, 3.8) is 0 Å². The van der Waals surface area contributed by atoms with Gasteiger partial charge in [-0.3, -0.25) is 0 Å². The largest absolute Gasteiger partial charge is 0.380 e. The number of hydrogen-bond donors (Lipinski definition) is 1. The highest BCUT2D eigenvalue weighted by Gasteiger charge is 2.29. The number of halogens is 1. The number of benzene rings is 2. The van der Waals surface area contributed by atoms with Crippen LogP contribution in [0.1, 0.15) is 30.0 Å². The highest BCUT2D eigenvalue weighted by atomic mass is 19.1. The molecule has 2 rings (SSSR count). The minimum atomic E-state index is -1.13. The van der Waals surface area contributed by atoms with Gasteiger partial charge in [-0.1, -0.05) is 48.9 Å². The molecule has 2 aromatic carbocycles. The summed E-state index contributed by atoms with van der Waals surface area (Å²) in [5, 5.41) is 10.8. The molecule has 0 heterocycles. The average molecular weight is 244 g/mol. The molecule has 0 amide bonds. The van der Waals surface area contributed by atoms with Crippen molar-refractivity contribution < 1.29 is 9.50 Å². The van der Waals surface area contributed by atoms with Crippen molar-refractivity contribution in [1.29, 1.82) is 0 Å². The molecule has 94 valence electrons. The van der Waals surface area contributed by atoms with Gasteiger partial charge < -0.3 is 5.11 Å². The fraction of sp³-hybridized carbons (Fsp3) is 0.250. The van der Waals surface area contributed by atoms with Crippen LogP contribution < -0.4 is 0 Å². The van der Waals surface area contributed by atoms with Crippen LogP contribution in [-0.4, -0.2) is 5.11 Å². The third kappa shape index (κ3) is 2.29. The van der Waals surface area contributed by atoms with Crippen LogP contribution >= 0.6 is 0 Å². The van der Waals surface area contributed by atoms with Crippen molar-refractivity contribution in [2.75, 3.05) is 0 Å². The molecule has 2 heteroatoms. The molecular formula is C16H17FO. The van der Waals surface area contributed by atoms with Gasteiger partial charge in [-0.15, -0.1) is 0 Å². The lowest BCUT2D eigenvalue weighted by Gasteiger charge is -2.28. The molecule has 1 unspecified atom stereocenters. The van der Waals surface area contributed by atoms with Crippen molar-refractivity contribution in [2.45, 2.75) is 25.9 Å². The standard InChI is InChI=1S/C16H17FO/c1-3-16(18,13-9-7-12(2)8-10-13)14-5-4-6-15(17)11-14/h4-11,18H,3H2,1-2H3. The fourth-order valence-electron chi connectivity index (χ4n) is 2.15. The molecule has 1 atom stereocenters. The molecule has 0 aliphatic heterocycles. The first kappa shape index (κ1) is 12.8. The lowest BCUT2D eigenvalue weighted by atomic mass is 9.84. The van der Waals surface area contributed by atoms with E-state index in [0.29, 0.717) is 12.0 Å². The van der Waals surface area contributed by atoms with E-state index in [1.807, 2.05) is 38.1 Å². The predicted molar refractivity (Wildman–Crippen MR) is 70.9 cm³/mol. The van der Waals surface area contributed by atoms with Crippen molar-refractivity contribution in [3.8, 4) is 0 Å². The Labute approximate surface area is 107 Å². The van der Waals surface area contributed by atoms with Crippen molar-refractivity contribution in [3.05, 3.63) is 71.0 Å². The summed E-state index contributed by atoms with van der Waals surface area (Å²) in [6, 6.07) is 13.8. The SMILES string of the molecule is CCC(O)(c1ccc(C)cc1)c1cccc(F)c1. The highest BCUT2D eigenvalue weighted by Crippen LogP contribution is 2.33. The maximum Gasteiger partial charge on any atom is 0.123 e. The second-order valence-corrected chi connectivity index (χ2v) is 4.59. The van der Waals surface area contributed by atoms with Gasteiger partial charge >= 0.3 is 0 Å². The van der Waals surface area contributed by atoms with Gasteiger partial charge in [0, 0.05) is 0 Å². The van der Waals surface area contributed by atoms with Crippen LogP contribution in [0, 0.1) is 12.7 Å². The average Bonchev–Trinajstić information content (AvgIpc) is 2.38. The Morgan fingerprint density at radius 2 is 1.72 bits per heavy atom. The molecule has 0 spiro atoms. The summed E-state index contributed by atoms with van der Waals surface area (Å²) in [5.74, 6) is -0.327. The zero-order valence-corrected chi connectivity index (χ0v) is 10.7. The lowest BCUT2D eigenvalue weighted by molar-refractivity contribution is 0.0762. The molecule has 0 saturated carbocycles. The smallest absolute Gasteiger partial charge is 0.123 e. The molecule has 2 aromatic rings. The fourth-order valence-corrected chi connectivity index (χ4v) is 2.15. The van der Waals surface area contributed by atoms with Crippen LogP contribution in [0.4, 0.5) is 4.39 Å². The van der Waals surface area contributed by atoms with Crippen molar-refractivity contribution in [1.82, 2.24) is 0 Å². The van der Waals surface area contributed by atoms with Gasteiger partial charge in [-0.25, -0.2) is 4.39 Å². The normalized spacial score (nSPS) is 14.2. The summed E-state index contributed by atoms with van der Waals surface area (Å²) >= 11 is 0. The molecule has 1 nitrogen and oxygen atoms in total. The molecule has 0 bridgehead atoms. The van der Waals surface area contributed by atoms with Crippen LogP contribution in [0.15, 0.2) is 48.5 Å². The Hall–Kier alpha value is -1.67. The summed E-state index contributed by atoms with van der Waals surface area (Å²) in [6.07, 6.45) is 0.500. The quantitative estimate of drug-likeness (QED) is 0.871. The van der Waals surface area contributed by atoms with E-state index in [1.165, 1.54) is 12.1 Å². The van der Waals surface area contributed by atoms with Gasteiger partial charge in [-0.2, -0.15) is 0 Å². The summed E-state index contributed by atoms with van der Waals surface area (Å²) in [6.45, 7) is 3.89. The van der Waals surface area contributed by atoms with E-state index in [2.05, 4.69) is 0 Å². The molecule has 1 N–H and O–H groups in total. The Morgan fingerprint density at radius 1 is 1.06 bits per heavy atom. The molecule has 0 aromatic heterocycles. The van der Waals surface area contributed by atoms with Crippen LogP contribution in [0.25, 0.3) is 0 Å². The third-order valence-corrected chi connectivity index (χ3v) is 3.34. The van der Waals surface area contributed by atoms with Gasteiger partial charge in [0.05, 0.1) is 0 Å². The van der Waals surface area contributed by atoms with Crippen LogP contribution in [0.3, 0.4) is 0 Å². The van der Waals surface area contributed by atoms with Crippen LogP contribution in [0.5, 0.6) is 0 Å². The van der Waals surface area contributed by atoms with Crippen LogP contribution in [-0.2, 0) is 5.60 Å². The zero-order valence-electron chi connectivity index (χ0n) is 10.7.